The van der Waals surface area contributed by atoms with E-state index in [1.165, 1.54) is 6.07 Å². The number of nitrogens with zero attached hydrogens (tertiary/aromatic N) is 1. The number of hydrogen-bond acceptors (Lipinski definition) is 3. The monoisotopic (exact) mass is 240 g/mol. The minimum atomic E-state index is -0.708. The molecule has 0 bridgehead atoms. The molecule has 0 saturated carbocycles. The van der Waals surface area contributed by atoms with Crippen molar-refractivity contribution >= 4 is 46.2 Å². The van der Waals surface area contributed by atoms with E-state index in [-0.39, 0.29) is 20.8 Å². The van der Waals surface area contributed by atoms with E-state index in [2.05, 4.69) is 0 Å². The maximum Gasteiger partial charge on any atom is 0.312 e. The number of anilines is 1. The third-order valence-electron chi connectivity index (χ3n) is 1.35. The fraction of sp³-hybridized carbons (Fsp3) is 0. The Hall–Kier alpha value is -0.710. The number of benzene rings is 1. The van der Waals surface area contributed by atoms with Crippen LogP contribution >= 0.6 is 34.8 Å². The Kier molecular flexibility index (Phi) is 2.85. The predicted octanol–water partition coefficient (Wildman–Crippen LogP) is 3.14. The van der Waals surface area contributed by atoms with Gasteiger partial charge in [-0.2, -0.15) is 0 Å². The lowest BCUT2D eigenvalue weighted by Gasteiger charge is -2.02. The highest BCUT2D eigenvalue weighted by Gasteiger charge is 2.21. The fourth-order valence-electron chi connectivity index (χ4n) is 0.789. The summed E-state index contributed by atoms with van der Waals surface area (Å²) in [6, 6.07) is 1.19. The zero-order chi connectivity index (χ0) is 10.2. The van der Waals surface area contributed by atoms with Crippen LogP contribution < -0.4 is 5.73 Å². The van der Waals surface area contributed by atoms with Crippen LogP contribution in [0, 0.1) is 10.1 Å². The highest BCUT2D eigenvalue weighted by Crippen LogP contribution is 2.40. The molecule has 0 spiro atoms. The van der Waals surface area contributed by atoms with Gasteiger partial charge in [0.25, 0.3) is 0 Å². The van der Waals surface area contributed by atoms with E-state index < -0.39 is 10.6 Å². The van der Waals surface area contributed by atoms with E-state index >= 15 is 0 Å². The number of halogens is 3. The van der Waals surface area contributed by atoms with Crippen molar-refractivity contribution < 1.29 is 4.92 Å². The van der Waals surface area contributed by atoms with Crippen molar-refractivity contribution in [3.8, 4) is 0 Å². The molecule has 0 aliphatic rings. The SMILES string of the molecule is Nc1cc(Cl)c(Cl)c(Cl)c1[N+](=O)[O-]. The van der Waals surface area contributed by atoms with Gasteiger partial charge in [0, 0.05) is 0 Å². The maximum absolute atomic E-state index is 10.4. The minimum absolute atomic E-state index is 0.0655. The van der Waals surface area contributed by atoms with Crippen LogP contribution in [0.4, 0.5) is 11.4 Å². The van der Waals surface area contributed by atoms with Gasteiger partial charge in [0.05, 0.1) is 15.0 Å². The van der Waals surface area contributed by atoms with E-state index in [9.17, 15) is 10.1 Å². The Balaban J connectivity index is 3.53. The first-order valence-corrected chi connectivity index (χ1v) is 4.16. The van der Waals surface area contributed by atoms with E-state index in [1.807, 2.05) is 0 Å². The Morgan fingerprint density at radius 2 is 1.85 bits per heavy atom. The lowest BCUT2D eigenvalue weighted by molar-refractivity contribution is -0.383. The molecule has 0 amide bonds. The molecule has 4 nitrogen and oxygen atoms in total. The van der Waals surface area contributed by atoms with Gasteiger partial charge in [0.2, 0.25) is 0 Å². The summed E-state index contributed by atoms with van der Waals surface area (Å²) in [6.45, 7) is 0. The number of nitro benzene ring substituents is 1. The lowest BCUT2D eigenvalue weighted by atomic mass is 10.3. The summed E-state index contributed by atoms with van der Waals surface area (Å²) in [6.07, 6.45) is 0. The molecular weight excluding hydrogens is 238 g/mol. The molecule has 1 aromatic carbocycles. The van der Waals surface area contributed by atoms with E-state index in [4.69, 9.17) is 40.5 Å². The van der Waals surface area contributed by atoms with Crippen molar-refractivity contribution in [2.45, 2.75) is 0 Å². The molecule has 1 rings (SSSR count). The number of nitro groups is 1. The van der Waals surface area contributed by atoms with Crippen LogP contribution in [0.3, 0.4) is 0 Å². The molecule has 70 valence electrons. The smallest absolute Gasteiger partial charge is 0.312 e. The van der Waals surface area contributed by atoms with Gasteiger partial charge in [-0.3, -0.25) is 10.1 Å². The predicted molar refractivity (Wildman–Crippen MR) is 52.5 cm³/mol. The summed E-state index contributed by atoms with van der Waals surface area (Å²) in [4.78, 5) is 9.74. The number of nitrogen functional groups attached to an aromatic ring is 1. The Labute approximate surface area is 88.3 Å². The topological polar surface area (TPSA) is 69.2 Å². The summed E-state index contributed by atoms with van der Waals surface area (Å²) in [5.74, 6) is 0. The van der Waals surface area contributed by atoms with Crippen LogP contribution in [-0.2, 0) is 0 Å². The van der Waals surface area contributed by atoms with Crippen LogP contribution in [0.15, 0.2) is 6.07 Å². The summed E-state index contributed by atoms with van der Waals surface area (Å²) >= 11 is 16.7. The molecular formula is C6H3Cl3N2O2. The first-order chi connectivity index (χ1) is 5.95. The molecule has 1 aromatic rings. The molecule has 0 unspecified atom stereocenters. The minimum Gasteiger partial charge on any atom is -0.393 e. The Bertz CT molecular complexity index is 381. The first kappa shape index (κ1) is 10.4. The maximum atomic E-state index is 10.4. The molecule has 0 saturated heterocycles. The highest BCUT2D eigenvalue weighted by atomic mass is 35.5. The second kappa shape index (κ2) is 3.57. The second-order valence-corrected chi connectivity index (χ2v) is 3.34. The second-order valence-electron chi connectivity index (χ2n) is 2.18. The zero-order valence-corrected chi connectivity index (χ0v) is 8.32. The number of hydrogen-bond donors (Lipinski definition) is 1. The molecule has 0 aliphatic carbocycles. The fourth-order valence-corrected chi connectivity index (χ4v) is 1.47. The summed E-state index contributed by atoms with van der Waals surface area (Å²) in [5.41, 5.74) is 4.80. The van der Waals surface area contributed by atoms with Crippen LogP contribution in [0.1, 0.15) is 0 Å². The summed E-state index contributed by atoms with van der Waals surface area (Å²) in [5, 5.41) is 10.2. The largest absolute Gasteiger partial charge is 0.393 e. The molecule has 2 N–H and O–H groups in total. The van der Waals surface area contributed by atoms with E-state index in [1.54, 1.807) is 0 Å². The quantitative estimate of drug-likeness (QED) is 0.355. The molecule has 0 aromatic heterocycles. The van der Waals surface area contributed by atoms with Crippen molar-refractivity contribution in [2.24, 2.45) is 0 Å². The van der Waals surface area contributed by atoms with Crippen LogP contribution in [0.25, 0.3) is 0 Å². The summed E-state index contributed by atoms with van der Waals surface area (Å²) in [7, 11) is 0. The molecule has 0 aliphatic heterocycles. The lowest BCUT2D eigenvalue weighted by Crippen LogP contribution is -1.97. The van der Waals surface area contributed by atoms with Gasteiger partial charge >= 0.3 is 5.69 Å². The van der Waals surface area contributed by atoms with Gasteiger partial charge in [-0.05, 0) is 6.07 Å². The van der Waals surface area contributed by atoms with Gasteiger partial charge in [-0.1, -0.05) is 34.8 Å². The van der Waals surface area contributed by atoms with Gasteiger partial charge in [0.1, 0.15) is 10.7 Å². The number of rotatable bonds is 1. The number of nitrogens with two attached hydrogens (primary N) is 1. The zero-order valence-electron chi connectivity index (χ0n) is 6.05. The highest BCUT2D eigenvalue weighted by molar-refractivity contribution is 6.49. The van der Waals surface area contributed by atoms with Crippen LogP contribution in [0.2, 0.25) is 15.1 Å². The van der Waals surface area contributed by atoms with Gasteiger partial charge in [0.15, 0.2) is 0 Å². The van der Waals surface area contributed by atoms with Crippen LogP contribution in [-0.4, -0.2) is 4.92 Å². The van der Waals surface area contributed by atoms with E-state index in [0.717, 1.165) is 0 Å². The third kappa shape index (κ3) is 1.80. The Morgan fingerprint density at radius 3 is 2.31 bits per heavy atom. The van der Waals surface area contributed by atoms with Gasteiger partial charge in [-0.25, -0.2) is 0 Å². The molecule has 0 heterocycles. The van der Waals surface area contributed by atoms with Crippen molar-refractivity contribution in [3.63, 3.8) is 0 Å². The van der Waals surface area contributed by atoms with E-state index in [0.29, 0.717) is 0 Å². The standard InChI is InChI=1S/C6H3Cl3N2O2/c7-2-1-3(10)6(11(12)13)5(9)4(2)8/h1H,10H2. The van der Waals surface area contributed by atoms with Gasteiger partial charge in [-0.15, -0.1) is 0 Å². The molecule has 13 heavy (non-hydrogen) atoms. The Morgan fingerprint density at radius 1 is 1.31 bits per heavy atom. The van der Waals surface area contributed by atoms with Crippen molar-refractivity contribution in [2.75, 3.05) is 5.73 Å². The normalized spacial score (nSPS) is 10.1. The van der Waals surface area contributed by atoms with Gasteiger partial charge < -0.3 is 5.73 Å². The molecule has 0 fully saturated rings. The third-order valence-corrected chi connectivity index (χ3v) is 2.60. The summed E-state index contributed by atoms with van der Waals surface area (Å²) < 4.78 is 0. The molecule has 7 heteroatoms. The first-order valence-electron chi connectivity index (χ1n) is 3.02. The average Bonchev–Trinajstić information content (AvgIpc) is 1.99. The molecule has 0 atom stereocenters. The van der Waals surface area contributed by atoms with Crippen LogP contribution in [0.5, 0.6) is 0 Å². The van der Waals surface area contributed by atoms with Crippen molar-refractivity contribution in [1.29, 1.82) is 0 Å². The molecule has 0 radical (unpaired) electrons. The van der Waals surface area contributed by atoms with Crippen molar-refractivity contribution in [1.82, 2.24) is 0 Å². The average molecular weight is 241 g/mol. The van der Waals surface area contributed by atoms with Crippen molar-refractivity contribution in [3.05, 3.63) is 31.2 Å².